The summed E-state index contributed by atoms with van der Waals surface area (Å²) in [6.07, 6.45) is 2.63. The van der Waals surface area contributed by atoms with Crippen molar-refractivity contribution in [2.75, 3.05) is 18.4 Å². The number of anilines is 1. The number of halogens is 1. The number of benzene rings is 2. The summed E-state index contributed by atoms with van der Waals surface area (Å²) in [6.45, 7) is 2.82. The Morgan fingerprint density at radius 3 is 2.50 bits per heavy atom. The lowest BCUT2D eigenvalue weighted by molar-refractivity contribution is -0.116. The molecule has 0 radical (unpaired) electrons. The molecule has 0 bridgehead atoms. The second-order valence-corrected chi connectivity index (χ2v) is 9.22. The van der Waals surface area contributed by atoms with Gasteiger partial charge in [-0.15, -0.1) is 0 Å². The topological polar surface area (TPSA) is 66.5 Å². The van der Waals surface area contributed by atoms with Crippen LogP contribution in [0.4, 0.5) is 10.1 Å². The maximum absolute atomic E-state index is 13.1. The van der Waals surface area contributed by atoms with E-state index in [0.717, 1.165) is 36.2 Å². The third-order valence-electron chi connectivity index (χ3n) is 5.05. The predicted octanol–water partition coefficient (Wildman–Crippen LogP) is 3.95. The first kappa shape index (κ1) is 20.5. The number of aryl methyl sites for hydroxylation is 1. The molecule has 150 valence electrons. The minimum Gasteiger partial charge on any atom is -0.326 e. The standard InChI is InChI=1S/C21H25FN2O3S/c1-16-4-9-19(10-5-16)23-21(25)13-6-17-3-2-14-24(15-17)28(26,27)20-11-7-18(22)8-12-20/h4-5,7-12,17H,2-3,6,13-15H2,1H3,(H,23,25). The monoisotopic (exact) mass is 404 g/mol. The van der Waals surface area contributed by atoms with Crippen molar-refractivity contribution in [1.29, 1.82) is 0 Å². The van der Waals surface area contributed by atoms with Gasteiger partial charge in [0.15, 0.2) is 0 Å². The van der Waals surface area contributed by atoms with Crippen LogP contribution in [0.5, 0.6) is 0 Å². The molecule has 1 N–H and O–H groups in total. The van der Waals surface area contributed by atoms with E-state index in [1.54, 1.807) is 0 Å². The van der Waals surface area contributed by atoms with Gasteiger partial charge >= 0.3 is 0 Å². The third-order valence-corrected chi connectivity index (χ3v) is 6.93. The lowest BCUT2D eigenvalue weighted by Gasteiger charge is -2.32. The molecule has 2 aromatic rings. The number of hydrogen-bond donors (Lipinski definition) is 1. The van der Waals surface area contributed by atoms with Crippen LogP contribution >= 0.6 is 0 Å². The minimum absolute atomic E-state index is 0.0673. The number of sulfonamides is 1. The van der Waals surface area contributed by atoms with Crippen LogP contribution < -0.4 is 5.32 Å². The lowest BCUT2D eigenvalue weighted by Crippen LogP contribution is -2.40. The Hall–Kier alpha value is -2.25. The SMILES string of the molecule is Cc1ccc(NC(=O)CCC2CCCN(S(=O)(=O)c3ccc(F)cc3)C2)cc1. The highest BCUT2D eigenvalue weighted by molar-refractivity contribution is 7.89. The molecule has 0 aliphatic carbocycles. The molecular weight excluding hydrogens is 379 g/mol. The molecule has 1 saturated heterocycles. The molecule has 2 aromatic carbocycles. The van der Waals surface area contributed by atoms with Crippen molar-refractivity contribution >= 4 is 21.6 Å². The number of rotatable bonds is 6. The van der Waals surface area contributed by atoms with E-state index in [0.29, 0.717) is 25.9 Å². The van der Waals surface area contributed by atoms with Gasteiger partial charge in [0.05, 0.1) is 4.90 Å². The van der Waals surface area contributed by atoms with Crippen molar-refractivity contribution in [3.8, 4) is 0 Å². The predicted molar refractivity (Wildman–Crippen MR) is 107 cm³/mol. The van der Waals surface area contributed by atoms with Crippen LogP contribution in [0.1, 0.15) is 31.2 Å². The highest BCUT2D eigenvalue weighted by Gasteiger charge is 2.30. The zero-order chi connectivity index (χ0) is 20.1. The zero-order valence-electron chi connectivity index (χ0n) is 15.9. The van der Waals surface area contributed by atoms with Crippen molar-refractivity contribution in [3.63, 3.8) is 0 Å². The molecule has 0 aromatic heterocycles. The summed E-state index contributed by atoms with van der Waals surface area (Å²) in [5, 5.41) is 2.87. The van der Waals surface area contributed by atoms with Crippen LogP contribution in [0.3, 0.4) is 0 Å². The average Bonchev–Trinajstić information content (AvgIpc) is 2.69. The summed E-state index contributed by atoms with van der Waals surface area (Å²) >= 11 is 0. The van der Waals surface area contributed by atoms with E-state index in [1.807, 2.05) is 31.2 Å². The van der Waals surface area contributed by atoms with Gasteiger partial charge in [-0.25, -0.2) is 12.8 Å². The highest BCUT2D eigenvalue weighted by atomic mass is 32.2. The minimum atomic E-state index is -3.64. The molecule has 1 atom stereocenters. The summed E-state index contributed by atoms with van der Waals surface area (Å²) in [6, 6.07) is 12.5. The van der Waals surface area contributed by atoms with E-state index in [1.165, 1.54) is 16.4 Å². The van der Waals surface area contributed by atoms with Gasteiger partial charge < -0.3 is 5.32 Å². The van der Waals surface area contributed by atoms with Crippen molar-refractivity contribution in [2.24, 2.45) is 5.92 Å². The number of hydrogen-bond acceptors (Lipinski definition) is 3. The summed E-state index contributed by atoms with van der Waals surface area (Å²) in [5.74, 6) is -0.398. The zero-order valence-corrected chi connectivity index (χ0v) is 16.7. The molecule has 1 aliphatic heterocycles. The summed E-state index contributed by atoms with van der Waals surface area (Å²) in [4.78, 5) is 12.3. The van der Waals surface area contributed by atoms with Gasteiger partial charge in [-0.05, 0) is 68.5 Å². The van der Waals surface area contributed by atoms with Crippen LogP contribution in [-0.2, 0) is 14.8 Å². The summed E-state index contributed by atoms with van der Waals surface area (Å²) < 4.78 is 40.1. The van der Waals surface area contributed by atoms with E-state index >= 15 is 0 Å². The van der Waals surface area contributed by atoms with E-state index in [2.05, 4.69) is 5.32 Å². The Labute approximate surface area is 165 Å². The van der Waals surface area contributed by atoms with Crippen molar-refractivity contribution in [3.05, 3.63) is 59.9 Å². The normalized spacial score (nSPS) is 18.0. The first-order valence-corrected chi connectivity index (χ1v) is 10.9. The summed E-state index contributed by atoms with van der Waals surface area (Å²) in [5.41, 5.74) is 1.89. The Balaban J connectivity index is 1.55. The number of carbonyl (C=O) groups excluding carboxylic acids is 1. The maximum Gasteiger partial charge on any atom is 0.243 e. The fraction of sp³-hybridized carbons (Fsp3) is 0.381. The Bertz CT molecular complexity index is 912. The average molecular weight is 405 g/mol. The molecular formula is C21H25FN2O3S. The van der Waals surface area contributed by atoms with E-state index in [-0.39, 0.29) is 16.7 Å². The van der Waals surface area contributed by atoms with E-state index in [4.69, 9.17) is 0 Å². The molecule has 0 spiro atoms. The maximum atomic E-state index is 13.1. The van der Waals surface area contributed by atoms with Gasteiger partial charge in [-0.2, -0.15) is 4.31 Å². The van der Waals surface area contributed by atoms with Crippen LogP contribution in [0.15, 0.2) is 53.4 Å². The molecule has 3 rings (SSSR count). The Kier molecular flexibility index (Phi) is 6.46. The fourth-order valence-electron chi connectivity index (χ4n) is 3.43. The van der Waals surface area contributed by atoms with Gasteiger partial charge in [-0.3, -0.25) is 4.79 Å². The van der Waals surface area contributed by atoms with Gasteiger partial charge in [0, 0.05) is 25.2 Å². The Morgan fingerprint density at radius 2 is 1.82 bits per heavy atom. The molecule has 0 saturated carbocycles. The van der Waals surface area contributed by atoms with Crippen LogP contribution in [0.25, 0.3) is 0 Å². The molecule has 28 heavy (non-hydrogen) atoms. The Morgan fingerprint density at radius 1 is 1.14 bits per heavy atom. The smallest absolute Gasteiger partial charge is 0.243 e. The van der Waals surface area contributed by atoms with Crippen molar-refractivity contribution in [1.82, 2.24) is 4.31 Å². The number of amides is 1. The molecule has 1 aliphatic rings. The fourth-order valence-corrected chi connectivity index (χ4v) is 4.99. The molecule has 1 unspecified atom stereocenters. The molecule has 1 heterocycles. The molecule has 1 amide bonds. The van der Waals surface area contributed by atoms with Gasteiger partial charge in [0.25, 0.3) is 0 Å². The summed E-state index contributed by atoms with van der Waals surface area (Å²) in [7, 11) is -3.64. The number of nitrogens with zero attached hydrogens (tertiary/aromatic N) is 1. The van der Waals surface area contributed by atoms with Crippen molar-refractivity contribution in [2.45, 2.75) is 37.5 Å². The number of nitrogens with one attached hydrogen (secondary N) is 1. The molecule has 5 nitrogen and oxygen atoms in total. The third kappa shape index (κ3) is 5.17. The van der Waals surface area contributed by atoms with Gasteiger partial charge in [-0.1, -0.05) is 17.7 Å². The second kappa shape index (κ2) is 8.84. The van der Waals surface area contributed by atoms with E-state index in [9.17, 15) is 17.6 Å². The number of carbonyl (C=O) groups is 1. The quantitative estimate of drug-likeness (QED) is 0.793. The lowest BCUT2D eigenvalue weighted by atomic mass is 9.94. The molecule has 1 fully saturated rings. The van der Waals surface area contributed by atoms with Crippen LogP contribution in [0.2, 0.25) is 0 Å². The second-order valence-electron chi connectivity index (χ2n) is 7.28. The highest BCUT2D eigenvalue weighted by Crippen LogP contribution is 2.26. The molecule has 7 heteroatoms. The van der Waals surface area contributed by atoms with Gasteiger partial charge in [0.2, 0.25) is 15.9 Å². The number of piperidine rings is 1. The largest absolute Gasteiger partial charge is 0.326 e. The van der Waals surface area contributed by atoms with E-state index < -0.39 is 15.8 Å². The van der Waals surface area contributed by atoms with Gasteiger partial charge in [0.1, 0.15) is 5.82 Å². The van der Waals surface area contributed by atoms with Crippen LogP contribution in [-0.4, -0.2) is 31.7 Å². The first-order chi connectivity index (χ1) is 13.3. The van der Waals surface area contributed by atoms with Crippen molar-refractivity contribution < 1.29 is 17.6 Å². The first-order valence-electron chi connectivity index (χ1n) is 9.47. The van der Waals surface area contributed by atoms with Crippen LogP contribution in [0, 0.1) is 18.7 Å².